The largest absolute Gasteiger partial charge is 0.396 e. The number of hydrogen-bond donors (Lipinski definition) is 1. The molecule has 2 aromatic heterocycles. The number of aromatic nitrogens is 3. The Labute approximate surface area is 111 Å². The molecule has 2 rings (SSSR count). The van der Waals surface area contributed by atoms with Gasteiger partial charge in [-0.25, -0.2) is 0 Å². The number of amides is 1. The summed E-state index contributed by atoms with van der Waals surface area (Å²) >= 11 is 0. The van der Waals surface area contributed by atoms with E-state index in [-0.39, 0.29) is 5.91 Å². The lowest BCUT2D eigenvalue weighted by Crippen LogP contribution is -2.27. The molecule has 100 valence electrons. The number of hydrogen-bond acceptors (Lipinski definition) is 4. The number of aryl methyl sites for hydroxylation is 1. The van der Waals surface area contributed by atoms with Crippen molar-refractivity contribution in [1.29, 1.82) is 0 Å². The van der Waals surface area contributed by atoms with E-state index in [1.165, 1.54) is 0 Å². The molecule has 0 unspecified atom stereocenters. The van der Waals surface area contributed by atoms with Crippen molar-refractivity contribution in [2.45, 2.75) is 20.0 Å². The van der Waals surface area contributed by atoms with Crippen LogP contribution in [0.25, 0.3) is 0 Å². The van der Waals surface area contributed by atoms with Gasteiger partial charge in [0.1, 0.15) is 0 Å². The van der Waals surface area contributed by atoms with Crippen LogP contribution in [0.4, 0.5) is 5.69 Å². The van der Waals surface area contributed by atoms with Crippen LogP contribution in [0, 0.1) is 0 Å². The summed E-state index contributed by atoms with van der Waals surface area (Å²) in [6.07, 6.45) is 5.08. The molecule has 6 heteroatoms. The Morgan fingerprint density at radius 3 is 2.68 bits per heavy atom. The highest BCUT2D eigenvalue weighted by atomic mass is 16.2. The Hall–Kier alpha value is -2.37. The SMILES string of the molecule is CCn1cc(N)c(C(=O)N(C)Cc2ccncc2)n1. The molecule has 0 aliphatic heterocycles. The van der Waals surface area contributed by atoms with Gasteiger partial charge in [-0.15, -0.1) is 0 Å². The van der Waals surface area contributed by atoms with Crippen molar-refractivity contribution in [2.75, 3.05) is 12.8 Å². The first-order valence-electron chi connectivity index (χ1n) is 6.09. The summed E-state index contributed by atoms with van der Waals surface area (Å²) in [5, 5.41) is 4.18. The van der Waals surface area contributed by atoms with Gasteiger partial charge in [-0.2, -0.15) is 5.10 Å². The monoisotopic (exact) mass is 259 g/mol. The van der Waals surface area contributed by atoms with E-state index in [2.05, 4.69) is 10.1 Å². The van der Waals surface area contributed by atoms with Crippen molar-refractivity contribution in [2.24, 2.45) is 0 Å². The third kappa shape index (κ3) is 2.90. The van der Waals surface area contributed by atoms with Gasteiger partial charge in [0.05, 0.1) is 5.69 Å². The van der Waals surface area contributed by atoms with Gasteiger partial charge in [0.25, 0.3) is 5.91 Å². The van der Waals surface area contributed by atoms with E-state index in [0.717, 1.165) is 5.56 Å². The molecule has 2 N–H and O–H groups in total. The maximum absolute atomic E-state index is 12.3. The van der Waals surface area contributed by atoms with E-state index in [1.54, 1.807) is 35.2 Å². The third-order valence-electron chi connectivity index (χ3n) is 2.83. The smallest absolute Gasteiger partial charge is 0.276 e. The first-order valence-corrected chi connectivity index (χ1v) is 6.09. The molecule has 6 nitrogen and oxygen atoms in total. The Kier molecular flexibility index (Phi) is 3.79. The Morgan fingerprint density at radius 1 is 1.42 bits per heavy atom. The summed E-state index contributed by atoms with van der Waals surface area (Å²) in [7, 11) is 1.73. The van der Waals surface area contributed by atoms with Crippen LogP contribution in [-0.4, -0.2) is 32.6 Å². The lowest BCUT2D eigenvalue weighted by molar-refractivity contribution is 0.0779. The molecule has 0 atom stereocenters. The zero-order valence-corrected chi connectivity index (χ0v) is 11.1. The molecule has 0 fully saturated rings. The molecule has 2 aromatic rings. The third-order valence-corrected chi connectivity index (χ3v) is 2.83. The van der Waals surface area contributed by atoms with E-state index in [1.807, 2.05) is 19.1 Å². The van der Waals surface area contributed by atoms with Crippen LogP contribution in [-0.2, 0) is 13.1 Å². The minimum atomic E-state index is -0.179. The van der Waals surface area contributed by atoms with Crippen molar-refractivity contribution >= 4 is 11.6 Å². The van der Waals surface area contributed by atoms with Crippen LogP contribution >= 0.6 is 0 Å². The average molecular weight is 259 g/mol. The molecule has 1 amide bonds. The fourth-order valence-corrected chi connectivity index (χ4v) is 1.78. The van der Waals surface area contributed by atoms with Gasteiger partial charge >= 0.3 is 0 Å². The molecule has 0 radical (unpaired) electrons. The summed E-state index contributed by atoms with van der Waals surface area (Å²) < 4.78 is 1.66. The van der Waals surface area contributed by atoms with Crippen molar-refractivity contribution in [3.8, 4) is 0 Å². The van der Waals surface area contributed by atoms with Crippen LogP contribution < -0.4 is 5.73 Å². The number of pyridine rings is 1. The van der Waals surface area contributed by atoms with E-state index >= 15 is 0 Å². The second-order valence-corrected chi connectivity index (χ2v) is 4.31. The molecule has 19 heavy (non-hydrogen) atoms. The fraction of sp³-hybridized carbons (Fsp3) is 0.308. The van der Waals surface area contributed by atoms with Gasteiger partial charge in [0.2, 0.25) is 0 Å². The average Bonchev–Trinajstić information content (AvgIpc) is 2.80. The Bertz CT molecular complexity index is 564. The van der Waals surface area contributed by atoms with Gasteiger partial charge in [-0.1, -0.05) is 0 Å². The molecule has 2 heterocycles. The number of carbonyl (C=O) groups is 1. The normalized spacial score (nSPS) is 10.4. The summed E-state index contributed by atoms with van der Waals surface area (Å²) in [4.78, 5) is 17.8. The standard InChI is InChI=1S/C13H17N5O/c1-3-18-9-11(14)12(16-18)13(19)17(2)8-10-4-6-15-7-5-10/h4-7,9H,3,8,14H2,1-2H3. The van der Waals surface area contributed by atoms with Gasteiger partial charge in [-0.05, 0) is 24.6 Å². The minimum Gasteiger partial charge on any atom is -0.396 e. The number of anilines is 1. The van der Waals surface area contributed by atoms with Gasteiger partial charge in [0.15, 0.2) is 5.69 Å². The number of rotatable bonds is 4. The van der Waals surface area contributed by atoms with Crippen LogP contribution in [0.15, 0.2) is 30.7 Å². The Balaban J connectivity index is 2.12. The zero-order chi connectivity index (χ0) is 13.8. The second-order valence-electron chi connectivity index (χ2n) is 4.31. The molecule has 0 aliphatic rings. The van der Waals surface area contributed by atoms with Gasteiger partial charge in [0, 0.05) is 38.7 Å². The highest BCUT2D eigenvalue weighted by Crippen LogP contribution is 2.13. The highest BCUT2D eigenvalue weighted by Gasteiger charge is 2.18. The lowest BCUT2D eigenvalue weighted by Gasteiger charge is -2.16. The molecular weight excluding hydrogens is 242 g/mol. The molecule has 0 saturated carbocycles. The fourth-order valence-electron chi connectivity index (χ4n) is 1.78. The molecule has 0 saturated heterocycles. The highest BCUT2D eigenvalue weighted by molar-refractivity contribution is 5.96. The first-order chi connectivity index (χ1) is 9.11. The van der Waals surface area contributed by atoms with Crippen molar-refractivity contribution in [3.63, 3.8) is 0 Å². The molecule has 0 aromatic carbocycles. The number of nitrogen functional groups attached to an aromatic ring is 1. The maximum atomic E-state index is 12.3. The quantitative estimate of drug-likeness (QED) is 0.893. The summed E-state index contributed by atoms with van der Waals surface area (Å²) in [5.74, 6) is -0.179. The van der Waals surface area contributed by atoms with Gasteiger partial charge < -0.3 is 10.6 Å². The number of nitrogens with two attached hydrogens (primary N) is 1. The van der Waals surface area contributed by atoms with Crippen LogP contribution in [0.5, 0.6) is 0 Å². The predicted octanol–water partition coefficient (Wildman–Crippen LogP) is 1.15. The number of nitrogens with zero attached hydrogens (tertiary/aromatic N) is 4. The lowest BCUT2D eigenvalue weighted by atomic mass is 10.2. The maximum Gasteiger partial charge on any atom is 0.276 e. The summed E-state index contributed by atoms with van der Waals surface area (Å²) in [6, 6.07) is 3.75. The predicted molar refractivity (Wildman–Crippen MR) is 72.3 cm³/mol. The zero-order valence-electron chi connectivity index (χ0n) is 11.1. The molecule has 0 spiro atoms. The van der Waals surface area contributed by atoms with E-state index in [9.17, 15) is 4.79 Å². The summed E-state index contributed by atoms with van der Waals surface area (Å²) in [5.41, 5.74) is 7.54. The first kappa shape index (κ1) is 13.1. The van der Waals surface area contributed by atoms with E-state index in [4.69, 9.17) is 5.73 Å². The van der Waals surface area contributed by atoms with Gasteiger partial charge in [-0.3, -0.25) is 14.5 Å². The summed E-state index contributed by atoms with van der Waals surface area (Å²) in [6.45, 7) is 3.13. The molecular formula is C13H17N5O. The van der Waals surface area contributed by atoms with Crippen molar-refractivity contribution < 1.29 is 4.79 Å². The van der Waals surface area contributed by atoms with Crippen molar-refractivity contribution in [3.05, 3.63) is 42.0 Å². The van der Waals surface area contributed by atoms with Crippen LogP contribution in [0.1, 0.15) is 23.0 Å². The topological polar surface area (TPSA) is 77.0 Å². The van der Waals surface area contributed by atoms with E-state index < -0.39 is 0 Å². The molecule has 0 aliphatic carbocycles. The van der Waals surface area contributed by atoms with E-state index in [0.29, 0.717) is 24.5 Å². The second kappa shape index (κ2) is 5.51. The Morgan fingerprint density at radius 2 is 2.11 bits per heavy atom. The minimum absolute atomic E-state index is 0.179. The molecule has 0 bridgehead atoms. The number of carbonyl (C=O) groups excluding carboxylic acids is 1. The van der Waals surface area contributed by atoms with Crippen LogP contribution in [0.2, 0.25) is 0 Å². The van der Waals surface area contributed by atoms with Crippen LogP contribution in [0.3, 0.4) is 0 Å². The van der Waals surface area contributed by atoms with Crippen molar-refractivity contribution in [1.82, 2.24) is 19.7 Å².